The summed E-state index contributed by atoms with van der Waals surface area (Å²) in [7, 11) is 0. The zero-order valence-corrected chi connectivity index (χ0v) is 8.12. The molecular formula is C10H14N2O2. The first kappa shape index (κ1) is 10.5. The molecule has 1 rings (SSSR count). The molecule has 0 aliphatic carbocycles. The van der Waals surface area contributed by atoms with E-state index < -0.39 is 5.91 Å². The molecule has 0 aromatic heterocycles. The van der Waals surface area contributed by atoms with Crippen LogP contribution >= 0.6 is 0 Å². The molecule has 0 atom stereocenters. The van der Waals surface area contributed by atoms with E-state index in [0.29, 0.717) is 18.9 Å². The van der Waals surface area contributed by atoms with Gasteiger partial charge in [-0.15, -0.1) is 0 Å². The Balaban J connectivity index is 2.59. The van der Waals surface area contributed by atoms with E-state index >= 15 is 0 Å². The Bertz CT molecular complexity index is 313. The molecule has 4 heteroatoms. The number of rotatable bonds is 5. The fourth-order valence-corrected chi connectivity index (χ4v) is 1.02. The average Bonchev–Trinajstić information content (AvgIpc) is 2.19. The number of primary amides is 1. The van der Waals surface area contributed by atoms with Crippen molar-refractivity contribution in [3.05, 3.63) is 29.8 Å². The molecular weight excluding hydrogens is 180 g/mol. The lowest BCUT2D eigenvalue weighted by Gasteiger charge is -2.06. The third kappa shape index (κ3) is 3.06. The fraction of sp³-hybridized carbons (Fsp3) is 0.300. The van der Waals surface area contributed by atoms with Gasteiger partial charge in [0.05, 0.1) is 0 Å². The highest BCUT2D eigenvalue weighted by molar-refractivity contribution is 5.93. The van der Waals surface area contributed by atoms with Crippen LogP contribution in [0.15, 0.2) is 24.3 Å². The van der Waals surface area contributed by atoms with Crippen molar-refractivity contribution in [2.45, 2.75) is 6.92 Å². The summed E-state index contributed by atoms with van der Waals surface area (Å²) in [5.74, 6) is -0.426. The summed E-state index contributed by atoms with van der Waals surface area (Å²) in [6.07, 6.45) is 0. The lowest BCUT2D eigenvalue weighted by Crippen LogP contribution is -2.12. The number of benzene rings is 1. The number of nitrogens with two attached hydrogens (primary N) is 1. The zero-order chi connectivity index (χ0) is 10.4. The average molecular weight is 194 g/mol. The van der Waals surface area contributed by atoms with Gasteiger partial charge < -0.3 is 15.8 Å². The Morgan fingerprint density at radius 2 is 2.36 bits per heavy atom. The smallest absolute Gasteiger partial charge is 0.248 e. The third-order valence-corrected chi connectivity index (χ3v) is 1.73. The van der Waals surface area contributed by atoms with Crippen LogP contribution in [0.4, 0.5) is 5.69 Å². The van der Waals surface area contributed by atoms with Crippen molar-refractivity contribution in [1.29, 1.82) is 0 Å². The van der Waals surface area contributed by atoms with E-state index in [4.69, 9.17) is 10.5 Å². The normalized spacial score (nSPS) is 9.79. The summed E-state index contributed by atoms with van der Waals surface area (Å²) in [6, 6.07) is 7.00. The number of anilines is 1. The van der Waals surface area contributed by atoms with Gasteiger partial charge >= 0.3 is 0 Å². The van der Waals surface area contributed by atoms with Gasteiger partial charge in [-0.05, 0) is 25.1 Å². The van der Waals surface area contributed by atoms with Crippen LogP contribution < -0.4 is 11.1 Å². The second kappa shape index (κ2) is 5.24. The predicted molar refractivity (Wildman–Crippen MR) is 55.1 cm³/mol. The number of nitrogens with one attached hydrogen (secondary N) is 1. The van der Waals surface area contributed by atoms with Gasteiger partial charge in [0.2, 0.25) is 5.91 Å². The fourth-order valence-electron chi connectivity index (χ4n) is 1.02. The molecule has 0 spiro atoms. The van der Waals surface area contributed by atoms with Crippen LogP contribution in [0.5, 0.6) is 0 Å². The summed E-state index contributed by atoms with van der Waals surface area (Å²) < 4.78 is 5.11. The van der Waals surface area contributed by atoms with Gasteiger partial charge in [-0.2, -0.15) is 0 Å². The van der Waals surface area contributed by atoms with Crippen LogP contribution in [0, 0.1) is 0 Å². The Morgan fingerprint density at radius 1 is 1.57 bits per heavy atom. The molecule has 76 valence electrons. The maximum absolute atomic E-state index is 10.8. The number of carbonyl (C=O) groups excluding carboxylic acids is 1. The first-order valence-electron chi connectivity index (χ1n) is 4.45. The summed E-state index contributed by atoms with van der Waals surface area (Å²) in [5.41, 5.74) is 6.46. The molecule has 0 radical (unpaired) electrons. The largest absolute Gasteiger partial charge is 0.366 e. The van der Waals surface area contributed by atoms with Crippen LogP contribution in [0.1, 0.15) is 17.3 Å². The lowest BCUT2D eigenvalue weighted by molar-refractivity contribution is 0.1000. The number of ether oxygens (including phenoxy) is 1. The number of hydrogen-bond acceptors (Lipinski definition) is 3. The Hall–Kier alpha value is -1.55. The van der Waals surface area contributed by atoms with Crippen molar-refractivity contribution in [2.24, 2.45) is 5.73 Å². The predicted octanol–water partition coefficient (Wildman–Crippen LogP) is 1.19. The van der Waals surface area contributed by atoms with E-state index in [1.807, 2.05) is 13.0 Å². The van der Waals surface area contributed by atoms with Crippen molar-refractivity contribution in [3.63, 3.8) is 0 Å². The topological polar surface area (TPSA) is 64.3 Å². The number of amides is 1. The molecule has 0 saturated heterocycles. The van der Waals surface area contributed by atoms with Crippen LogP contribution in [0.3, 0.4) is 0 Å². The Kier molecular flexibility index (Phi) is 3.94. The van der Waals surface area contributed by atoms with E-state index in [-0.39, 0.29) is 0 Å². The summed E-state index contributed by atoms with van der Waals surface area (Å²) in [6.45, 7) is 3.00. The van der Waals surface area contributed by atoms with E-state index in [1.165, 1.54) is 0 Å². The van der Waals surface area contributed by atoms with E-state index in [0.717, 1.165) is 5.69 Å². The molecule has 0 bridgehead atoms. The molecule has 0 heterocycles. The Labute approximate surface area is 83.1 Å². The SMILES string of the molecule is CCOCNc1cccc(C(N)=O)c1. The summed E-state index contributed by atoms with van der Waals surface area (Å²) >= 11 is 0. The van der Waals surface area contributed by atoms with Gasteiger partial charge in [-0.1, -0.05) is 6.07 Å². The van der Waals surface area contributed by atoms with Crippen LogP contribution in [-0.2, 0) is 4.74 Å². The van der Waals surface area contributed by atoms with E-state index in [1.54, 1.807) is 18.2 Å². The first-order valence-corrected chi connectivity index (χ1v) is 4.45. The van der Waals surface area contributed by atoms with Gasteiger partial charge in [0.15, 0.2) is 0 Å². The minimum Gasteiger partial charge on any atom is -0.366 e. The lowest BCUT2D eigenvalue weighted by atomic mass is 10.2. The minimum absolute atomic E-state index is 0.426. The molecule has 1 aromatic rings. The third-order valence-electron chi connectivity index (χ3n) is 1.73. The van der Waals surface area contributed by atoms with E-state index in [2.05, 4.69) is 5.32 Å². The highest BCUT2D eigenvalue weighted by atomic mass is 16.5. The van der Waals surface area contributed by atoms with Gasteiger partial charge in [-0.25, -0.2) is 0 Å². The van der Waals surface area contributed by atoms with Crippen molar-refractivity contribution < 1.29 is 9.53 Å². The molecule has 4 nitrogen and oxygen atoms in total. The molecule has 14 heavy (non-hydrogen) atoms. The van der Waals surface area contributed by atoms with Gasteiger partial charge in [-0.3, -0.25) is 4.79 Å². The maximum Gasteiger partial charge on any atom is 0.248 e. The number of carbonyl (C=O) groups is 1. The summed E-state index contributed by atoms with van der Waals surface area (Å²) in [4.78, 5) is 10.8. The summed E-state index contributed by atoms with van der Waals surface area (Å²) in [5, 5.41) is 3.01. The van der Waals surface area contributed by atoms with Crippen LogP contribution in [0.2, 0.25) is 0 Å². The van der Waals surface area contributed by atoms with Crippen molar-refractivity contribution in [1.82, 2.24) is 0 Å². The first-order chi connectivity index (χ1) is 6.74. The highest BCUT2D eigenvalue weighted by Crippen LogP contribution is 2.09. The molecule has 1 amide bonds. The molecule has 0 unspecified atom stereocenters. The Morgan fingerprint density at radius 3 is 3.00 bits per heavy atom. The second-order valence-corrected chi connectivity index (χ2v) is 2.76. The maximum atomic E-state index is 10.8. The second-order valence-electron chi connectivity index (χ2n) is 2.76. The van der Waals surface area contributed by atoms with E-state index in [9.17, 15) is 4.79 Å². The highest BCUT2D eigenvalue weighted by Gasteiger charge is 1.99. The molecule has 1 aromatic carbocycles. The van der Waals surface area contributed by atoms with Crippen molar-refractivity contribution in [3.8, 4) is 0 Å². The van der Waals surface area contributed by atoms with Gasteiger partial charge in [0, 0.05) is 17.9 Å². The number of hydrogen-bond donors (Lipinski definition) is 2. The minimum atomic E-state index is -0.426. The molecule has 0 aliphatic rings. The van der Waals surface area contributed by atoms with Crippen LogP contribution in [-0.4, -0.2) is 19.2 Å². The standard InChI is InChI=1S/C10H14N2O2/c1-2-14-7-12-9-5-3-4-8(6-9)10(11)13/h3-6,12H,2,7H2,1H3,(H2,11,13). The molecule has 0 aliphatic heterocycles. The monoisotopic (exact) mass is 194 g/mol. The molecule has 3 N–H and O–H groups in total. The van der Waals surface area contributed by atoms with Crippen molar-refractivity contribution in [2.75, 3.05) is 18.7 Å². The molecule has 0 fully saturated rings. The molecule has 0 saturated carbocycles. The van der Waals surface area contributed by atoms with Crippen LogP contribution in [0.25, 0.3) is 0 Å². The van der Waals surface area contributed by atoms with Crippen molar-refractivity contribution >= 4 is 11.6 Å². The zero-order valence-electron chi connectivity index (χ0n) is 8.12. The van der Waals surface area contributed by atoms with Gasteiger partial charge in [0.25, 0.3) is 0 Å². The van der Waals surface area contributed by atoms with Gasteiger partial charge in [0.1, 0.15) is 6.73 Å². The quantitative estimate of drug-likeness (QED) is 0.546.